The largest absolute Gasteiger partial charge is 0.497 e. The van der Waals surface area contributed by atoms with Gasteiger partial charge in [-0.3, -0.25) is 0 Å². The van der Waals surface area contributed by atoms with Crippen molar-refractivity contribution in [1.29, 1.82) is 0 Å². The van der Waals surface area contributed by atoms with Crippen molar-refractivity contribution in [2.75, 3.05) is 48.8 Å². The van der Waals surface area contributed by atoms with Crippen molar-refractivity contribution < 1.29 is 13.2 Å². The van der Waals surface area contributed by atoms with Crippen LogP contribution in [0.15, 0.2) is 83.8 Å². The van der Waals surface area contributed by atoms with Crippen LogP contribution in [0, 0.1) is 13.8 Å². The Bertz CT molecular complexity index is 1530. The second-order valence-electron chi connectivity index (χ2n) is 9.84. The first-order chi connectivity index (χ1) is 19.3. The van der Waals surface area contributed by atoms with E-state index < -0.39 is 10.0 Å². The van der Waals surface area contributed by atoms with E-state index in [2.05, 4.69) is 41.8 Å². The Hall–Kier alpha value is -4.15. The number of benzene rings is 3. The minimum Gasteiger partial charge on any atom is -0.497 e. The average Bonchev–Trinajstić information content (AvgIpc) is 2.98. The zero-order valence-corrected chi connectivity index (χ0v) is 23.8. The fraction of sp³-hybridized carbons (Fsp3) is 0.267. The number of ether oxygens (including phenoxy) is 1. The number of aromatic nitrogens is 2. The number of anilines is 4. The molecule has 1 aliphatic rings. The lowest BCUT2D eigenvalue weighted by atomic mass is 10.1. The van der Waals surface area contributed by atoms with Gasteiger partial charge in [0.25, 0.3) is 0 Å². The summed E-state index contributed by atoms with van der Waals surface area (Å²) in [5.41, 5.74) is 4.47. The molecular formula is C30H34N6O3S. The van der Waals surface area contributed by atoms with E-state index in [1.807, 2.05) is 42.2 Å². The molecular weight excluding hydrogens is 524 g/mol. The Balaban J connectivity index is 1.33. The molecule has 4 aromatic rings. The van der Waals surface area contributed by atoms with Crippen molar-refractivity contribution >= 4 is 33.3 Å². The van der Waals surface area contributed by atoms with Crippen molar-refractivity contribution in [3.63, 3.8) is 0 Å². The molecule has 208 valence electrons. The average molecular weight is 559 g/mol. The zero-order chi connectivity index (χ0) is 28.1. The summed E-state index contributed by atoms with van der Waals surface area (Å²) in [6.45, 7) is 6.35. The Morgan fingerprint density at radius 1 is 0.800 bits per heavy atom. The van der Waals surface area contributed by atoms with Crippen LogP contribution in [0.25, 0.3) is 0 Å². The normalized spacial score (nSPS) is 14.1. The summed E-state index contributed by atoms with van der Waals surface area (Å²) in [5, 5.41) is 6.81. The van der Waals surface area contributed by atoms with E-state index in [-0.39, 0.29) is 4.90 Å². The smallest absolute Gasteiger partial charge is 0.243 e. The van der Waals surface area contributed by atoms with Crippen LogP contribution in [-0.2, 0) is 16.6 Å². The summed E-state index contributed by atoms with van der Waals surface area (Å²) >= 11 is 0. The molecule has 1 fully saturated rings. The van der Waals surface area contributed by atoms with Gasteiger partial charge in [0, 0.05) is 44.5 Å². The highest BCUT2D eigenvalue weighted by molar-refractivity contribution is 7.89. The summed E-state index contributed by atoms with van der Waals surface area (Å²) in [7, 11) is -2.05. The number of rotatable bonds is 9. The number of hydrogen-bond donors (Lipinski definition) is 2. The molecule has 1 aromatic heterocycles. The van der Waals surface area contributed by atoms with Crippen LogP contribution in [0.4, 0.5) is 23.3 Å². The van der Waals surface area contributed by atoms with Gasteiger partial charge in [-0.15, -0.1) is 0 Å². The fourth-order valence-electron chi connectivity index (χ4n) is 4.44. The minimum absolute atomic E-state index is 0.255. The van der Waals surface area contributed by atoms with E-state index >= 15 is 0 Å². The first kappa shape index (κ1) is 27.4. The third kappa shape index (κ3) is 6.52. The molecule has 5 rings (SSSR count). The monoisotopic (exact) mass is 558 g/mol. The molecule has 1 aliphatic heterocycles. The Labute approximate surface area is 235 Å². The van der Waals surface area contributed by atoms with Gasteiger partial charge in [0.05, 0.1) is 12.0 Å². The lowest BCUT2D eigenvalue weighted by Crippen LogP contribution is -2.49. The standard InChI is InChI=1S/C30H34N6O3S/c1-22-4-8-24(9-5-22)21-31-28-20-29(32-25-10-6-23(2)7-11-25)34-30(33-28)35-16-18-36(19-17-35)40(37,38)27-14-12-26(39-3)13-15-27/h4-15,20H,16-19,21H2,1-3H3,(H2,31,32,33,34). The molecule has 10 heteroatoms. The van der Waals surface area contributed by atoms with Gasteiger partial charge < -0.3 is 20.3 Å². The van der Waals surface area contributed by atoms with Gasteiger partial charge in [0.15, 0.2) is 0 Å². The van der Waals surface area contributed by atoms with E-state index in [1.54, 1.807) is 31.4 Å². The molecule has 9 nitrogen and oxygen atoms in total. The molecule has 0 saturated carbocycles. The molecule has 2 N–H and O–H groups in total. The van der Waals surface area contributed by atoms with Crippen LogP contribution in [-0.4, -0.2) is 56.0 Å². The maximum absolute atomic E-state index is 13.2. The number of sulfonamides is 1. The molecule has 3 aromatic carbocycles. The number of nitrogens with one attached hydrogen (secondary N) is 2. The number of hydrogen-bond acceptors (Lipinski definition) is 8. The highest BCUT2D eigenvalue weighted by Crippen LogP contribution is 2.25. The summed E-state index contributed by atoms with van der Waals surface area (Å²) in [6.07, 6.45) is 0. The predicted octanol–water partition coefficient (Wildman–Crippen LogP) is 4.97. The van der Waals surface area contributed by atoms with Gasteiger partial charge in [0.1, 0.15) is 17.4 Å². The lowest BCUT2D eigenvalue weighted by Gasteiger charge is -2.34. The Morgan fingerprint density at radius 2 is 1.40 bits per heavy atom. The first-order valence-electron chi connectivity index (χ1n) is 13.2. The second kappa shape index (κ2) is 11.9. The fourth-order valence-corrected chi connectivity index (χ4v) is 5.86. The molecule has 1 saturated heterocycles. The maximum Gasteiger partial charge on any atom is 0.243 e. The number of nitrogens with zero attached hydrogens (tertiary/aromatic N) is 4. The van der Waals surface area contributed by atoms with Gasteiger partial charge in [-0.1, -0.05) is 47.5 Å². The van der Waals surface area contributed by atoms with Crippen molar-refractivity contribution in [3.8, 4) is 5.75 Å². The van der Waals surface area contributed by atoms with E-state index in [9.17, 15) is 8.42 Å². The lowest BCUT2D eigenvalue weighted by molar-refractivity contribution is 0.382. The SMILES string of the molecule is COc1ccc(S(=O)(=O)N2CCN(c3nc(NCc4ccc(C)cc4)cc(Nc4ccc(C)cc4)n3)CC2)cc1. The van der Waals surface area contributed by atoms with Crippen LogP contribution in [0.3, 0.4) is 0 Å². The zero-order valence-electron chi connectivity index (χ0n) is 23.0. The topological polar surface area (TPSA) is 99.7 Å². The third-order valence-electron chi connectivity index (χ3n) is 6.85. The summed E-state index contributed by atoms with van der Waals surface area (Å²) in [4.78, 5) is 11.9. The number of methoxy groups -OCH3 is 1. The summed E-state index contributed by atoms with van der Waals surface area (Å²) in [6, 6.07) is 24.9. The second-order valence-corrected chi connectivity index (χ2v) is 11.8. The van der Waals surface area contributed by atoms with E-state index in [0.29, 0.717) is 56.1 Å². The molecule has 40 heavy (non-hydrogen) atoms. The molecule has 0 bridgehead atoms. The van der Waals surface area contributed by atoms with E-state index in [0.717, 1.165) is 11.3 Å². The van der Waals surface area contributed by atoms with Gasteiger partial charge in [-0.2, -0.15) is 14.3 Å². The molecule has 0 amide bonds. The minimum atomic E-state index is -3.61. The van der Waals surface area contributed by atoms with Crippen LogP contribution >= 0.6 is 0 Å². The molecule has 0 radical (unpaired) electrons. The van der Waals surface area contributed by atoms with Gasteiger partial charge in [-0.25, -0.2) is 8.42 Å². The predicted molar refractivity (Wildman–Crippen MR) is 159 cm³/mol. The molecule has 0 unspecified atom stereocenters. The first-order valence-corrected chi connectivity index (χ1v) is 14.7. The van der Waals surface area contributed by atoms with E-state index in [1.165, 1.54) is 15.4 Å². The van der Waals surface area contributed by atoms with Crippen LogP contribution in [0.1, 0.15) is 16.7 Å². The van der Waals surface area contributed by atoms with Gasteiger partial charge in [0.2, 0.25) is 16.0 Å². The summed E-state index contributed by atoms with van der Waals surface area (Å²) in [5.74, 6) is 2.51. The molecule has 2 heterocycles. The van der Waals surface area contributed by atoms with Crippen molar-refractivity contribution in [3.05, 3.63) is 95.6 Å². The highest BCUT2D eigenvalue weighted by Gasteiger charge is 2.29. The number of piperazine rings is 1. The molecule has 0 spiro atoms. The third-order valence-corrected chi connectivity index (χ3v) is 8.76. The van der Waals surface area contributed by atoms with Crippen LogP contribution < -0.4 is 20.3 Å². The number of aryl methyl sites for hydroxylation is 2. The van der Waals surface area contributed by atoms with Crippen LogP contribution in [0.2, 0.25) is 0 Å². The molecule has 0 aliphatic carbocycles. The van der Waals surface area contributed by atoms with Crippen molar-refractivity contribution in [1.82, 2.24) is 14.3 Å². The highest BCUT2D eigenvalue weighted by atomic mass is 32.2. The Kier molecular flexibility index (Phi) is 8.18. The van der Waals surface area contributed by atoms with Crippen molar-refractivity contribution in [2.24, 2.45) is 0 Å². The molecule has 0 atom stereocenters. The van der Waals surface area contributed by atoms with Gasteiger partial charge in [-0.05, 0) is 55.8 Å². The quantitative estimate of drug-likeness (QED) is 0.297. The summed E-state index contributed by atoms with van der Waals surface area (Å²) < 4.78 is 33.1. The Morgan fingerprint density at radius 3 is 2.02 bits per heavy atom. The van der Waals surface area contributed by atoms with Gasteiger partial charge >= 0.3 is 0 Å². The van der Waals surface area contributed by atoms with Crippen LogP contribution in [0.5, 0.6) is 5.75 Å². The van der Waals surface area contributed by atoms with Crippen molar-refractivity contribution in [2.45, 2.75) is 25.3 Å². The maximum atomic E-state index is 13.2. The van der Waals surface area contributed by atoms with E-state index in [4.69, 9.17) is 14.7 Å².